The second-order valence-electron chi connectivity index (χ2n) is 6.45. The first kappa shape index (κ1) is 24.7. The number of halogens is 2. The van der Waals surface area contributed by atoms with Gasteiger partial charge in [-0.2, -0.15) is 0 Å². The van der Waals surface area contributed by atoms with E-state index in [0.29, 0.717) is 25.3 Å². The minimum atomic E-state index is -0.345. The van der Waals surface area contributed by atoms with Crippen molar-refractivity contribution in [2.75, 3.05) is 18.4 Å². The van der Waals surface area contributed by atoms with E-state index in [1.807, 2.05) is 42.5 Å². The van der Waals surface area contributed by atoms with Gasteiger partial charge in [-0.05, 0) is 36.2 Å². The molecule has 0 radical (unpaired) electrons. The average Bonchev–Trinajstić information content (AvgIpc) is 3.17. The van der Waals surface area contributed by atoms with Gasteiger partial charge in [-0.15, -0.1) is 24.8 Å². The van der Waals surface area contributed by atoms with E-state index < -0.39 is 0 Å². The topological polar surface area (TPSA) is 105 Å². The Morgan fingerprint density at radius 1 is 1.07 bits per heavy atom. The molecule has 9 heteroatoms. The molecule has 1 unspecified atom stereocenters. The maximum absolute atomic E-state index is 12.4. The second kappa shape index (κ2) is 12.3. The van der Waals surface area contributed by atoms with E-state index in [9.17, 15) is 9.59 Å². The third kappa shape index (κ3) is 7.55. The molecule has 0 bridgehead atoms. The maximum atomic E-state index is 12.4. The number of anilines is 1. The maximum Gasteiger partial charge on any atom is 0.241 e. The fraction of sp³-hybridized carbons (Fsp3) is 0.300. The Kier molecular flexibility index (Phi) is 10.5. The average molecular weight is 441 g/mol. The van der Waals surface area contributed by atoms with Crippen LogP contribution in [-0.2, 0) is 16.2 Å². The molecule has 2 aromatic rings. The van der Waals surface area contributed by atoms with Crippen molar-refractivity contribution in [1.29, 1.82) is 0 Å². The summed E-state index contributed by atoms with van der Waals surface area (Å²) in [5.41, 5.74) is 7.08. The molecule has 0 spiro atoms. The lowest BCUT2D eigenvalue weighted by molar-refractivity contribution is -0.121. The molecule has 5 N–H and O–H groups in total. The van der Waals surface area contributed by atoms with E-state index in [0.717, 1.165) is 11.3 Å². The zero-order valence-electron chi connectivity index (χ0n) is 15.8. The summed E-state index contributed by atoms with van der Waals surface area (Å²) >= 11 is 0. The fourth-order valence-electron chi connectivity index (χ4n) is 2.94. The van der Waals surface area contributed by atoms with Crippen molar-refractivity contribution in [3.05, 3.63) is 60.2 Å². The predicted octanol–water partition coefficient (Wildman–Crippen LogP) is 1.85. The molecular formula is C20H26Cl2N4O3. The quantitative estimate of drug-likeness (QED) is 0.525. The van der Waals surface area contributed by atoms with Crippen molar-refractivity contribution in [2.45, 2.75) is 25.1 Å². The second-order valence-corrected chi connectivity index (χ2v) is 6.45. The molecule has 0 saturated carbocycles. The largest absolute Gasteiger partial charge is 0.489 e. The normalized spacial score (nSPS) is 17.4. The minimum absolute atomic E-state index is 0. The number of amides is 2. The Bertz CT molecular complexity index is 775. The van der Waals surface area contributed by atoms with Gasteiger partial charge in [-0.1, -0.05) is 30.3 Å². The molecule has 29 heavy (non-hydrogen) atoms. The van der Waals surface area contributed by atoms with Crippen LogP contribution in [0.15, 0.2) is 54.6 Å². The third-order valence-electron chi connectivity index (χ3n) is 4.37. The Balaban J connectivity index is 0.00000210. The van der Waals surface area contributed by atoms with Gasteiger partial charge in [0.15, 0.2) is 0 Å². The Morgan fingerprint density at radius 2 is 1.76 bits per heavy atom. The first-order valence-electron chi connectivity index (χ1n) is 8.94. The van der Waals surface area contributed by atoms with Gasteiger partial charge in [0, 0.05) is 18.3 Å². The third-order valence-corrected chi connectivity index (χ3v) is 4.37. The molecule has 2 aromatic carbocycles. The van der Waals surface area contributed by atoms with E-state index in [-0.39, 0.29) is 55.3 Å². The molecule has 0 aliphatic carbocycles. The van der Waals surface area contributed by atoms with Crippen LogP contribution in [0.4, 0.5) is 5.69 Å². The van der Waals surface area contributed by atoms with Gasteiger partial charge in [-0.25, -0.2) is 0 Å². The number of hydrogen-bond acceptors (Lipinski definition) is 5. The Morgan fingerprint density at radius 3 is 2.41 bits per heavy atom. The molecular weight excluding hydrogens is 415 g/mol. The van der Waals surface area contributed by atoms with Gasteiger partial charge >= 0.3 is 0 Å². The molecule has 1 heterocycles. The van der Waals surface area contributed by atoms with Gasteiger partial charge in [0.2, 0.25) is 11.8 Å². The van der Waals surface area contributed by atoms with Crippen LogP contribution in [0.25, 0.3) is 0 Å². The zero-order valence-corrected chi connectivity index (χ0v) is 17.4. The van der Waals surface area contributed by atoms with Crippen molar-refractivity contribution in [2.24, 2.45) is 5.73 Å². The zero-order chi connectivity index (χ0) is 19.1. The number of hydrogen-bond donors (Lipinski definition) is 4. The smallest absolute Gasteiger partial charge is 0.241 e. The predicted molar refractivity (Wildman–Crippen MR) is 118 cm³/mol. The highest BCUT2D eigenvalue weighted by molar-refractivity contribution is 5.95. The van der Waals surface area contributed by atoms with E-state index in [4.69, 9.17) is 10.5 Å². The molecule has 2 atom stereocenters. The molecule has 1 aliphatic heterocycles. The molecule has 2 amide bonds. The van der Waals surface area contributed by atoms with Crippen LogP contribution in [-0.4, -0.2) is 37.0 Å². The minimum Gasteiger partial charge on any atom is -0.489 e. The lowest BCUT2D eigenvalue weighted by Gasteiger charge is -2.13. The van der Waals surface area contributed by atoms with E-state index in [1.165, 1.54) is 0 Å². The molecule has 1 fully saturated rings. The lowest BCUT2D eigenvalue weighted by Crippen LogP contribution is -2.39. The Hall–Kier alpha value is -2.32. The summed E-state index contributed by atoms with van der Waals surface area (Å²) in [6.07, 6.45) is 0.538. The number of nitrogens with two attached hydrogens (primary N) is 1. The van der Waals surface area contributed by atoms with Gasteiger partial charge < -0.3 is 26.4 Å². The van der Waals surface area contributed by atoms with E-state index in [1.54, 1.807) is 12.1 Å². The van der Waals surface area contributed by atoms with Crippen LogP contribution < -0.4 is 26.4 Å². The summed E-state index contributed by atoms with van der Waals surface area (Å²) in [5.74, 6) is 0.395. The highest BCUT2D eigenvalue weighted by Crippen LogP contribution is 2.18. The SMILES string of the molecule is Cl.Cl.NCC(=O)NC1CN[C@H](C(=O)Nc2ccc(OCc3ccccc3)cc2)C1. The molecule has 158 valence electrons. The molecule has 1 aliphatic rings. The summed E-state index contributed by atoms with van der Waals surface area (Å²) < 4.78 is 5.74. The fourth-order valence-corrected chi connectivity index (χ4v) is 2.94. The van der Waals surface area contributed by atoms with Crippen LogP contribution in [0, 0.1) is 0 Å². The molecule has 7 nitrogen and oxygen atoms in total. The number of rotatable bonds is 7. The highest BCUT2D eigenvalue weighted by atomic mass is 35.5. The molecule has 0 aromatic heterocycles. The van der Waals surface area contributed by atoms with Gasteiger partial charge in [0.05, 0.1) is 12.6 Å². The summed E-state index contributed by atoms with van der Waals surface area (Å²) in [6.45, 7) is 0.997. The van der Waals surface area contributed by atoms with Crippen molar-refractivity contribution >= 4 is 42.3 Å². The highest BCUT2D eigenvalue weighted by Gasteiger charge is 2.30. The van der Waals surface area contributed by atoms with E-state index in [2.05, 4.69) is 16.0 Å². The van der Waals surface area contributed by atoms with Crippen molar-refractivity contribution in [1.82, 2.24) is 10.6 Å². The first-order chi connectivity index (χ1) is 13.1. The van der Waals surface area contributed by atoms with Crippen LogP contribution in [0.5, 0.6) is 5.75 Å². The summed E-state index contributed by atoms with van der Waals surface area (Å²) in [4.78, 5) is 23.7. The summed E-state index contributed by atoms with van der Waals surface area (Å²) in [7, 11) is 0. The van der Waals surface area contributed by atoms with E-state index >= 15 is 0 Å². The van der Waals surface area contributed by atoms with Gasteiger partial charge in [0.1, 0.15) is 12.4 Å². The van der Waals surface area contributed by atoms with Crippen LogP contribution in [0.3, 0.4) is 0 Å². The number of benzene rings is 2. The number of carbonyl (C=O) groups excluding carboxylic acids is 2. The van der Waals surface area contributed by atoms with Crippen LogP contribution in [0.2, 0.25) is 0 Å². The molecule has 1 saturated heterocycles. The lowest BCUT2D eigenvalue weighted by atomic mass is 10.1. The van der Waals surface area contributed by atoms with Gasteiger partial charge in [0.25, 0.3) is 0 Å². The first-order valence-corrected chi connectivity index (χ1v) is 8.94. The monoisotopic (exact) mass is 440 g/mol. The number of carbonyl (C=O) groups is 2. The number of ether oxygens (including phenoxy) is 1. The Labute approximate surface area is 182 Å². The molecule has 3 rings (SSSR count). The van der Waals surface area contributed by atoms with Crippen LogP contribution in [0.1, 0.15) is 12.0 Å². The van der Waals surface area contributed by atoms with Crippen molar-refractivity contribution in [3.8, 4) is 5.75 Å². The van der Waals surface area contributed by atoms with Crippen molar-refractivity contribution < 1.29 is 14.3 Å². The van der Waals surface area contributed by atoms with Crippen molar-refractivity contribution in [3.63, 3.8) is 0 Å². The van der Waals surface area contributed by atoms with Gasteiger partial charge in [-0.3, -0.25) is 9.59 Å². The summed E-state index contributed by atoms with van der Waals surface area (Å²) in [6, 6.07) is 16.8. The standard InChI is InChI=1S/C20H24N4O3.2ClH/c21-11-19(25)23-16-10-18(22-12-16)20(26)24-15-6-8-17(9-7-15)27-13-14-4-2-1-3-5-14;;/h1-9,16,18,22H,10-13,21H2,(H,23,25)(H,24,26);2*1H/t16?,18-;;/m0../s1. The van der Waals surface area contributed by atoms with Crippen LogP contribution >= 0.6 is 24.8 Å². The summed E-state index contributed by atoms with van der Waals surface area (Å²) in [5, 5.41) is 8.78. The number of nitrogens with one attached hydrogen (secondary N) is 3.